The first-order valence-electron chi connectivity index (χ1n) is 13.5. The molecule has 0 bridgehead atoms. The molecule has 4 aromatic rings. The van der Waals surface area contributed by atoms with Crippen molar-refractivity contribution in [3.05, 3.63) is 111 Å². The molecule has 1 N–H and O–H groups in total. The average Bonchev–Trinajstić information content (AvgIpc) is 3.43. The maximum Gasteiger partial charge on any atom is 0.271 e. The van der Waals surface area contributed by atoms with Gasteiger partial charge in [-0.3, -0.25) is 9.69 Å². The number of thiazole rings is 1. The van der Waals surface area contributed by atoms with Crippen LogP contribution < -0.4 is 14.8 Å². The highest BCUT2D eigenvalue weighted by molar-refractivity contribution is 7.09. The minimum Gasteiger partial charge on any atom is -0.493 e. The van der Waals surface area contributed by atoms with Crippen molar-refractivity contribution in [2.45, 2.75) is 52.2 Å². The van der Waals surface area contributed by atoms with E-state index in [2.05, 4.69) is 66.3 Å². The maximum absolute atomic E-state index is 12.7. The molecule has 0 unspecified atom stereocenters. The Bertz CT molecular complexity index is 1380. The number of ether oxygens (including phenoxy) is 2. The molecule has 210 valence electrons. The van der Waals surface area contributed by atoms with E-state index in [0.717, 1.165) is 41.6 Å². The van der Waals surface area contributed by atoms with Gasteiger partial charge in [-0.15, -0.1) is 11.3 Å². The van der Waals surface area contributed by atoms with Crippen LogP contribution in [0.25, 0.3) is 0 Å². The number of methoxy groups -OCH3 is 2. The van der Waals surface area contributed by atoms with E-state index in [-0.39, 0.29) is 11.3 Å². The van der Waals surface area contributed by atoms with Crippen molar-refractivity contribution in [2.24, 2.45) is 0 Å². The van der Waals surface area contributed by atoms with Crippen molar-refractivity contribution in [2.75, 3.05) is 20.8 Å². The van der Waals surface area contributed by atoms with Crippen LogP contribution in [0.15, 0.2) is 78.2 Å². The van der Waals surface area contributed by atoms with Crippen molar-refractivity contribution in [1.82, 2.24) is 15.2 Å². The van der Waals surface area contributed by atoms with Crippen LogP contribution in [0.3, 0.4) is 0 Å². The summed E-state index contributed by atoms with van der Waals surface area (Å²) in [6.07, 6.45) is 0.843. The van der Waals surface area contributed by atoms with Crippen molar-refractivity contribution < 1.29 is 14.3 Å². The van der Waals surface area contributed by atoms with Gasteiger partial charge in [0, 0.05) is 25.0 Å². The molecule has 3 aromatic carbocycles. The smallest absolute Gasteiger partial charge is 0.271 e. The van der Waals surface area contributed by atoms with Crippen molar-refractivity contribution >= 4 is 17.2 Å². The van der Waals surface area contributed by atoms with Crippen LogP contribution in [0.1, 0.15) is 58.5 Å². The fraction of sp³-hybridized carbons (Fsp3) is 0.333. The molecule has 0 spiro atoms. The molecular formula is C33H39N3O3S. The van der Waals surface area contributed by atoms with Gasteiger partial charge in [-0.1, -0.05) is 81.4 Å². The van der Waals surface area contributed by atoms with E-state index < -0.39 is 0 Å². The third kappa shape index (κ3) is 8.16. The Kier molecular flexibility index (Phi) is 9.96. The van der Waals surface area contributed by atoms with Gasteiger partial charge in [-0.05, 0) is 46.2 Å². The quantitative estimate of drug-likeness (QED) is 0.212. The highest BCUT2D eigenvalue weighted by Crippen LogP contribution is 2.28. The number of benzene rings is 3. The highest BCUT2D eigenvalue weighted by atomic mass is 32.1. The molecule has 0 aliphatic carbocycles. The molecule has 0 aliphatic heterocycles. The Labute approximate surface area is 242 Å². The molecule has 0 saturated heterocycles. The van der Waals surface area contributed by atoms with E-state index in [9.17, 15) is 4.79 Å². The van der Waals surface area contributed by atoms with E-state index in [1.54, 1.807) is 14.2 Å². The number of amides is 1. The second-order valence-corrected chi connectivity index (χ2v) is 11.8. The molecule has 1 heterocycles. The summed E-state index contributed by atoms with van der Waals surface area (Å²) in [6, 6.07) is 24.8. The van der Waals surface area contributed by atoms with Gasteiger partial charge >= 0.3 is 0 Å². The van der Waals surface area contributed by atoms with Crippen LogP contribution in [0.2, 0.25) is 0 Å². The lowest BCUT2D eigenvalue weighted by Crippen LogP contribution is -2.26. The Balaban J connectivity index is 1.46. The molecule has 40 heavy (non-hydrogen) atoms. The van der Waals surface area contributed by atoms with Gasteiger partial charge in [0.05, 0.1) is 20.8 Å². The van der Waals surface area contributed by atoms with E-state index in [4.69, 9.17) is 9.47 Å². The first-order chi connectivity index (χ1) is 19.2. The normalized spacial score (nSPS) is 11.4. The zero-order valence-electron chi connectivity index (χ0n) is 24.1. The molecule has 1 aromatic heterocycles. The molecular weight excluding hydrogens is 518 g/mol. The summed E-state index contributed by atoms with van der Waals surface area (Å²) in [5.74, 6) is 1.30. The van der Waals surface area contributed by atoms with Gasteiger partial charge in [0.2, 0.25) is 0 Å². The van der Waals surface area contributed by atoms with Gasteiger partial charge in [0.1, 0.15) is 10.7 Å². The summed E-state index contributed by atoms with van der Waals surface area (Å²) < 4.78 is 10.9. The number of carbonyl (C=O) groups is 1. The Morgan fingerprint density at radius 1 is 0.875 bits per heavy atom. The number of hydrogen-bond acceptors (Lipinski definition) is 6. The summed E-state index contributed by atoms with van der Waals surface area (Å²) in [5.41, 5.74) is 5.38. The fourth-order valence-electron chi connectivity index (χ4n) is 4.45. The third-order valence-corrected chi connectivity index (χ3v) is 7.66. The summed E-state index contributed by atoms with van der Waals surface area (Å²) >= 11 is 1.53. The zero-order valence-corrected chi connectivity index (χ0v) is 24.9. The second kappa shape index (κ2) is 13.6. The first kappa shape index (κ1) is 29.3. The molecule has 0 atom stereocenters. The van der Waals surface area contributed by atoms with Crippen molar-refractivity contribution in [3.8, 4) is 11.5 Å². The molecule has 7 heteroatoms. The van der Waals surface area contributed by atoms with Gasteiger partial charge in [-0.25, -0.2) is 4.98 Å². The second-order valence-electron chi connectivity index (χ2n) is 10.9. The Hall–Kier alpha value is -3.68. The number of aromatic nitrogens is 1. The molecule has 0 fully saturated rings. The highest BCUT2D eigenvalue weighted by Gasteiger charge is 2.16. The monoisotopic (exact) mass is 557 g/mol. The summed E-state index contributed by atoms with van der Waals surface area (Å²) in [4.78, 5) is 19.8. The standard InChI is InChI=1S/C33H39N3O3S/c1-33(2,3)27-14-11-26(12-15-27)21-36(18-17-24-13-16-29(38-4)30(19-24)39-5)22-31-35-28(23-40-31)32(37)34-20-25-9-7-6-8-10-25/h6-16,19,23H,17-18,20-22H2,1-5H3,(H,34,37). The van der Waals surface area contributed by atoms with Crippen molar-refractivity contribution in [3.63, 3.8) is 0 Å². The SMILES string of the molecule is COc1ccc(CCN(Cc2ccc(C(C)(C)C)cc2)Cc2nc(C(=O)NCc3ccccc3)cs2)cc1OC. The van der Waals surface area contributed by atoms with Crippen LogP contribution in [-0.2, 0) is 31.5 Å². The number of nitrogens with zero attached hydrogens (tertiary/aromatic N) is 2. The lowest BCUT2D eigenvalue weighted by Gasteiger charge is -2.23. The summed E-state index contributed by atoms with van der Waals surface area (Å²) in [6.45, 7) is 9.44. The van der Waals surface area contributed by atoms with Crippen LogP contribution in [0.4, 0.5) is 0 Å². The van der Waals surface area contributed by atoms with Gasteiger partial charge in [0.15, 0.2) is 11.5 Å². The van der Waals surface area contributed by atoms with Crippen LogP contribution in [0, 0.1) is 0 Å². The number of hydrogen-bond donors (Lipinski definition) is 1. The molecule has 6 nitrogen and oxygen atoms in total. The molecule has 1 amide bonds. The zero-order chi connectivity index (χ0) is 28.5. The molecule has 0 aliphatic rings. The van der Waals surface area contributed by atoms with E-state index in [0.29, 0.717) is 18.8 Å². The third-order valence-electron chi connectivity index (χ3n) is 6.83. The van der Waals surface area contributed by atoms with Crippen LogP contribution >= 0.6 is 11.3 Å². The number of nitrogens with one attached hydrogen (secondary N) is 1. The largest absolute Gasteiger partial charge is 0.493 e. The van der Waals surface area contributed by atoms with Gasteiger partial charge in [-0.2, -0.15) is 0 Å². The number of carbonyl (C=O) groups excluding carboxylic acids is 1. The van der Waals surface area contributed by atoms with Gasteiger partial charge < -0.3 is 14.8 Å². The molecule has 0 saturated carbocycles. The predicted molar refractivity (Wildman–Crippen MR) is 162 cm³/mol. The maximum atomic E-state index is 12.7. The van der Waals surface area contributed by atoms with Crippen molar-refractivity contribution in [1.29, 1.82) is 0 Å². The topological polar surface area (TPSA) is 63.7 Å². The Morgan fingerprint density at radius 2 is 1.57 bits per heavy atom. The van der Waals surface area contributed by atoms with Crippen LogP contribution in [0.5, 0.6) is 11.5 Å². The average molecular weight is 558 g/mol. The first-order valence-corrected chi connectivity index (χ1v) is 14.4. The molecule has 0 radical (unpaired) electrons. The Morgan fingerprint density at radius 3 is 2.25 bits per heavy atom. The van der Waals surface area contributed by atoms with E-state index in [1.807, 2.05) is 47.8 Å². The van der Waals surface area contributed by atoms with Crippen LogP contribution in [-0.4, -0.2) is 36.6 Å². The summed E-state index contributed by atoms with van der Waals surface area (Å²) in [5, 5.41) is 5.74. The van der Waals surface area contributed by atoms with E-state index >= 15 is 0 Å². The minimum absolute atomic E-state index is 0.115. The predicted octanol–water partition coefficient (Wildman–Crippen LogP) is 6.63. The van der Waals surface area contributed by atoms with Gasteiger partial charge in [0.25, 0.3) is 5.91 Å². The fourth-order valence-corrected chi connectivity index (χ4v) is 5.27. The lowest BCUT2D eigenvalue weighted by molar-refractivity contribution is 0.0946. The number of rotatable bonds is 12. The minimum atomic E-state index is -0.152. The van der Waals surface area contributed by atoms with E-state index in [1.165, 1.54) is 28.0 Å². The summed E-state index contributed by atoms with van der Waals surface area (Å²) in [7, 11) is 3.31. The molecule has 4 rings (SSSR count). The lowest BCUT2D eigenvalue weighted by atomic mass is 9.87.